The third-order valence-electron chi connectivity index (χ3n) is 4.56. The molecule has 0 radical (unpaired) electrons. The number of aromatic nitrogens is 1. The van der Waals surface area contributed by atoms with Gasteiger partial charge in [0, 0.05) is 42.3 Å². The smallest absolute Gasteiger partial charge is 0.0500 e. The van der Waals surface area contributed by atoms with E-state index in [-0.39, 0.29) is 0 Å². The van der Waals surface area contributed by atoms with E-state index >= 15 is 0 Å². The van der Waals surface area contributed by atoms with E-state index in [0.29, 0.717) is 0 Å². The Morgan fingerprint density at radius 3 is 2.71 bits per heavy atom. The molecule has 1 saturated heterocycles. The molecule has 0 unspecified atom stereocenters. The van der Waals surface area contributed by atoms with Crippen LogP contribution in [0.2, 0.25) is 5.02 Å². The maximum atomic E-state index is 6.18. The number of benzene rings is 1. The Morgan fingerprint density at radius 1 is 1.19 bits per heavy atom. The quantitative estimate of drug-likeness (QED) is 0.936. The summed E-state index contributed by atoms with van der Waals surface area (Å²) in [5.74, 6) is 0. The number of fused-ring (bicyclic) bond motifs is 1. The summed E-state index contributed by atoms with van der Waals surface area (Å²) in [6.45, 7) is 8.09. The average molecular weight is 306 g/mol. The Kier molecular flexibility index (Phi) is 4.53. The van der Waals surface area contributed by atoms with Crippen molar-refractivity contribution in [3.05, 3.63) is 34.5 Å². The van der Waals surface area contributed by atoms with E-state index in [9.17, 15) is 0 Å². The van der Waals surface area contributed by atoms with Crippen LogP contribution in [0.25, 0.3) is 10.9 Å². The van der Waals surface area contributed by atoms with Crippen molar-refractivity contribution in [1.82, 2.24) is 14.8 Å². The summed E-state index contributed by atoms with van der Waals surface area (Å²) in [6, 6.07) is 6.36. The summed E-state index contributed by atoms with van der Waals surface area (Å²) in [6.07, 6.45) is 2.32. The normalized spacial score (nSPS) is 17.7. The lowest BCUT2D eigenvalue weighted by Crippen LogP contribution is -2.44. The Bertz CT molecular complexity index is 612. The zero-order valence-corrected chi connectivity index (χ0v) is 13.7. The molecule has 1 aromatic heterocycles. The van der Waals surface area contributed by atoms with E-state index < -0.39 is 0 Å². The number of H-pyrrole nitrogens is 1. The minimum atomic E-state index is 0.841. The number of aromatic amines is 1. The molecule has 2 heterocycles. The Labute approximate surface area is 131 Å². The molecule has 0 atom stereocenters. The van der Waals surface area contributed by atoms with Crippen molar-refractivity contribution < 1.29 is 0 Å². The van der Waals surface area contributed by atoms with Gasteiger partial charge in [-0.3, -0.25) is 0 Å². The Balaban J connectivity index is 1.57. The van der Waals surface area contributed by atoms with Crippen LogP contribution < -0.4 is 0 Å². The van der Waals surface area contributed by atoms with Gasteiger partial charge in [0.05, 0.1) is 5.52 Å². The number of nitrogens with one attached hydrogen (secondary N) is 1. The molecule has 1 N–H and O–H groups in total. The van der Waals surface area contributed by atoms with Gasteiger partial charge in [-0.2, -0.15) is 0 Å². The van der Waals surface area contributed by atoms with E-state index in [2.05, 4.69) is 40.9 Å². The van der Waals surface area contributed by atoms with Gasteiger partial charge in [0.2, 0.25) is 0 Å². The van der Waals surface area contributed by atoms with Crippen LogP contribution in [0.5, 0.6) is 0 Å². The van der Waals surface area contributed by atoms with Crippen molar-refractivity contribution in [3.63, 3.8) is 0 Å². The topological polar surface area (TPSA) is 22.3 Å². The number of aryl methyl sites for hydroxylation is 2. The van der Waals surface area contributed by atoms with Crippen molar-refractivity contribution in [3.8, 4) is 0 Å². The summed E-state index contributed by atoms with van der Waals surface area (Å²) in [5.41, 5.74) is 3.67. The zero-order valence-electron chi connectivity index (χ0n) is 13.0. The fourth-order valence-corrected chi connectivity index (χ4v) is 3.23. The third kappa shape index (κ3) is 3.42. The molecule has 114 valence electrons. The minimum absolute atomic E-state index is 0.841. The molecule has 1 aliphatic rings. The largest absolute Gasteiger partial charge is 0.358 e. The van der Waals surface area contributed by atoms with Crippen LogP contribution in [0.3, 0.4) is 0 Å². The highest BCUT2D eigenvalue weighted by Crippen LogP contribution is 2.25. The van der Waals surface area contributed by atoms with Gasteiger partial charge in [0.25, 0.3) is 0 Å². The zero-order chi connectivity index (χ0) is 14.8. The summed E-state index contributed by atoms with van der Waals surface area (Å²) >= 11 is 6.18. The second kappa shape index (κ2) is 6.39. The molecule has 3 rings (SSSR count). The maximum Gasteiger partial charge on any atom is 0.0500 e. The highest BCUT2D eigenvalue weighted by molar-refractivity contribution is 6.32. The first-order chi connectivity index (χ1) is 10.1. The highest BCUT2D eigenvalue weighted by Gasteiger charge is 2.13. The number of hydrogen-bond acceptors (Lipinski definition) is 2. The van der Waals surface area contributed by atoms with Crippen LogP contribution in [0.15, 0.2) is 18.2 Å². The fraction of sp³-hybridized carbons (Fsp3) is 0.529. The van der Waals surface area contributed by atoms with Gasteiger partial charge in [-0.1, -0.05) is 17.7 Å². The molecule has 0 bridgehead atoms. The van der Waals surface area contributed by atoms with Crippen molar-refractivity contribution in [1.29, 1.82) is 0 Å². The lowest BCUT2D eigenvalue weighted by molar-refractivity contribution is 0.153. The molecular weight excluding hydrogens is 282 g/mol. The molecule has 1 aromatic carbocycles. The first-order valence-electron chi connectivity index (χ1n) is 7.81. The van der Waals surface area contributed by atoms with Gasteiger partial charge in [-0.25, -0.2) is 0 Å². The van der Waals surface area contributed by atoms with Gasteiger partial charge in [0.1, 0.15) is 0 Å². The van der Waals surface area contributed by atoms with E-state index in [0.717, 1.165) is 17.0 Å². The molecule has 21 heavy (non-hydrogen) atoms. The number of halogens is 1. The average Bonchev–Trinajstić information content (AvgIpc) is 2.89. The predicted octanol–water partition coefficient (Wildman–Crippen LogP) is 3.31. The SMILES string of the molecule is Cc1c(Cl)ccc2cc(CCCN3CCN(C)CC3)[nH]c12. The number of hydrogen-bond donors (Lipinski definition) is 1. The lowest BCUT2D eigenvalue weighted by atomic mass is 10.1. The maximum absolute atomic E-state index is 6.18. The second-order valence-electron chi connectivity index (χ2n) is 6.18. The van der Waals surface area contributed by atoms with Crippen molar-refractivity contribution in [2.24, 2.45) is 0 Å². The summed E-state index contributed by atoms with van der Waals surface area (Å²) in [5, 5.41) is 2.11. The van der Waals surface area contributed by atoms with Crippen LogP contribution in [-0.2, 0) is 6.42 Å². The molecule has 4 heteroatoms. The van der Waals surface area contributed by atoms with Gasteiger partial charge in [0.15, 0.2) is 0 Å². The van der Waals surface area contributed by atoms with E-state index in [1.807, 2.05) is 6.07 Å². The molecule has 1 fully saturated rings. The van der Waals surface area contributed by atoms with Gasteiger partial charge in [-0.15, -0.1) is 0 Å². The third-order valence-corrected chi connectivity index (χ3v) is 4.97. The number of likely N-dealkylation sites (N-methyl/N-ethyl adjacent to an activating group) is 1. The van der Waals surface area contributed by atoms with Crippen LogP contribution in [0.1, 0.15) is 17.7 Å². The summed E-state index contributed by atoms with van der Waals surface area (Å²) < 4.78 is 0. The van der Waals surface area contributed by atoms with Crippen molar-refractivity contribution in [2.75, 3.05) is 39.8 Å². The van der Waals surface area contributed by atoms with E-state index in [1.165, 1.54) is 55.7 Å². The van der Waals surface area contributed by atoms with Gasteiger partial charge < -0.3 is 14.8 Å². The van der Waals surface area contributed by atoms with Gasteiger partial charge >= 0.3 is 0 Å². The molecule has 0 saturated carbocycles. The van der Waals surface area contributed by atoms with Crippen LogP contribution in [-0.4, -0.2) is 54.6 Å². The predicted molar refractivity (Wildman–Crippen MR) is 90.3 cm³/mol. The first kappa shape index (κ1) is 14.9. The number of piperazine rings is 1. The molecule has 0 spiro atoms. The number of nitrogens with zero attached hydrogens (tertiary/aromatic N) is 2. The molecule has 0 amide bonds. The molecule has 1 aliphatic heterocycles. The van der Waals surface area contributed by atoms with Crippen LogP contribution in [0.4, 0.5) is 0 Å². The molecule has 3 nitrogen and oxygen atoms in total. The van der Waals surface area contributed by atoms with E-state index in [4.69, 9.17) is 11.6 Å². The second-order valence-corrected chi connectivity index (χ2v) is 6.59. The minimum Gasteiger partial charge on any atom is -0.358 e. The van der Waals surface area contributed by atoms with Crippen LogP contribution in [0, 0.1) is 6.92 Å². The Morgan fingerprint density at radius 2 is 1.95 bits per heavy atom. The highest BCUT2D eigenvalue weighted by atomic mass is 35.5. The summed E-state index contributed by atoms with van der Waals surface area (Å²) in [7, 11) is 2.20. The van der Waals surface area contributed by atoms with Gasteiger partial charge in [-0.05, 0) is 51.1 Å². The summed E-state index contributed by atoms with van der Waals surface area (Å²) in [4.78, 5) is 8.52. The fourth-order valence-electron chi connectivity index (χ4n) is 3.08. The molecular formula is C17H24ClN3. The Hall–Kier alpha value is -1.03. The van der Waals surface area contributed by atoms with E-state index in [1.54, 1.807) is 0 Å². The first-order valence-corrected chi connectivity index (χ1v) is 8.19. The monoisotopic (exact) mass is 305 g/mol. The van der Waals surface area contributed by atoms with Crippen LogP contribution >= 0.6 is 11.6 Å². The molecule has 2 aromatic rings. The number of rotatable bonds is 4. The lowest BCUT2D eigenvalue weighted by Gasteiger charge is -2.32. The van der Waals surface area contributed by atoms with Crippen molar-refractivity contribution in [2.45, 2.75) is 19.8 Å². The van der Waals surface area contributed by atoms with Crippen molar-refractivity contribution >= 4 is 22.5 Å². The molecule has 0 aliphatic carbocycles. The standard InChI is InChI=1S/C17H24ClN3/c1-13-16(18)6-5-14-12-15(19-17(13)14)4-3-7-21-10-8-20(2)9-11-21/h5-6,12,19H,3-4,7-11H2,1-2H3.